The number of hydrogen-bond donors (Lipinski definition) is 2. The summed E-state index contributed by atoms with van der Waals surface area (Å²) in [5, 5.41) is 5.19. The maximum absolute atomic E-state index is 13.8. The van der Waals surface area contributed by atoms with Crippen LogP contribution in [0.3, 0.4) is 0 Å². The molecule has 2 aromatic rings. The molecule has 2 N–H and O–H groups in total. The van der Waals surface area contributed by atoms with Crippen molar-refractivity contribution in [3.8, 4) is 0 Å². The molecule has 2 aliphatic heterocycles. The molecule has 8 heteroatoms. The Balaban J connectivity index is 1.26. The van der Waals surface area contributed by atoms with Crippen LogP contribution in [0.15, 0.2) is 48.5 Å². The number of halogens is 1. The van der Waals surface area contributed by atoms with Gasteiger partial charge in [0.25, 0.3) is 0 Å². The van der Waals surface area contributed by atoms with Crippen molar-refractivity contribution in [1.82, 2.24) is 10.6 Å². The highest BCUT2D eigenvalue weighted by molar-refractivity contribution is 8.00. The van der Waals surface area contributed by atoms with E-state index < -0.39 is 11.3 Å². The summed E-state index contributed by atoms with van der Waals surface area (Å²) in [6, 6.07) is 13.4. The molecule has 2 heterocycles. The predicted molar refractivity (Wildman–Crippen MR) is 118 cm³/mol. The van der Waals surface area contributed by atoms with E-state index in [9.17, 15) is 18.8 Å². The summed E-state index contributed by atoms with van der Waals surface area (Å²) in [6.07, 6.45) is 1.76. The van der Waals surface area contributed by atoms with Crippen LogP contribution < -0.4 is 15.5 Å². The van der Waals surface area contributed by atoms with Gasteiger partial charge in [0.05, 0.1) is 5.25 Å². The molecule has 4 rings (SSSR count). The van der Waals surface area contributed by atoms with Gasteiger partial charge >= 0.3 is 0 Å². The molecule has 2 fully saturated rings. The number of carbonyl (C=O) groups is 3. The molecule has 0 aliphatic carbocycles. The van der Waals surface area contributed by atoms with Crippen molar-refractivity contribution in [3.05, 3.63) is 65.5 Å². The van der Waals surface area contributed by atoms with E-state index in [0.717, 1.165) is 24.2 Å². The topological polar surface area (TPSA) is 78.5 Å². The van der Waals surface area contributed by atoms with Gasteiger partial charge in [-0.3, -0.25) is 14.4 Å². The van der Waals surface area contributed by atoms with Crippen LogP contribution in [0.25, 0.3) is 0 Å². The third-order valence-corrected chi connectivity index (χ3v) is 6.85. The normalized spacial score (nSPS) is 21.1. The fourth-order valence-corrected chi connectivity index (χ4v) is 4.95. The van der Waals surface area contributed by atoms with Crippen LogP contribution in [0, 0.1) is 5.82 Å². The lowest BCUT2D eigenvalue weighted by Crippen LogP contribution is -2.54. The van der Waals surface area contributed by atoms with Crippen LogP contribution in [0.4, 0.5) is 10.1 Å². The van der Waals surface area contributed by atoms with E-state index in [1.54, 1.807) is 23.1 Å². The first-order chi connectivity index (χ1) is 15.0. The number of nitrogens with one attached hydrogen (secondary N) is 2. The summed E-state index contributed by atoms with van der Waals surface area (Å²) < 4.78 is 13.8. The largest absolute Gasteiger partial charge is 0.350 e. The number of benzene rings is 2. The highest BCUT2D eigenvalue weighted by Crippen LogP contribution is 2.24. The second-order valence-electron chi connectivity index (χ2n) is 7.71. The molecule has 31 heavy (non-hydrogen) atoms. The predicted octanol–water partition coefficient (Wildman–Crippen LogP) is 2.41. The van der Waals surface area contributed by atoms with E-state index in [1.165, 1.54) is 17.8 Å². The summed E-state index contributed by atoms with van der Waals surface area (Å²) in [7, 11) is 0. The number of nitrogens with zero attached hydrogens (tertiary/aromatic N) is 1. The second kappa shape index (κ2) is 9.51. The fraction of sp³-hybridized carbons (Fsp3) is 0.348. The van der Waals surface area contributed by atoms with Crippen molar-refractivity contribution in [3.63, 3.8) is 0 Å². The quantitative estimate of drug-likeness (QED) is 0.722. The number of carbonyl (C=O) groups excluding carboxylic acids is 3. The lowest BCUT2D eigenvalue weighted by Gasteiger charge is -2.28. The number of rotatable bonds is 6. The zero-order valence-corrected chi connectivity index (χ0v) is 17.8. The molecule has 162 valence electrons. The monoisotopic (exact) mass is 441 g/mol. The Bertz CT molecular complexity index is 982. The molecule has 2 aliphatic rings. The van der Waals surface area contributed by atoms with E-state index in [2.05, 4.69) is 10.6 Å². The smallest absolute Gasteiger partial charge is 0.243 e. The van der Waals surface area contributed by atoms with E-state index in [1.807, 2.05) is 24.3 Å². The minimum absolute atomic E-state index is 0.139. The molecule has 0 saturated carbocycles. The Morgan fingerprint density at radius 2 is 1.94 bits per heavy atom. The Morgan fingerprint density at radius 3 is 2.61 bits per heavy atom. The Hall–Kier alpha value is -2.87. The average Bonchev–Trinajstić information content (AvgIpc) is 3.21. The summed E-state index contributed by atoms with van der Waals surface area (Å²) in [4.78, 5) is 38.5. The molecule has 0 spiro atoms. The molecule has 6 nitrogen and oxygen atoms in total. The second-order valence-corrected chi connectivity index (χ2v) is 8.95. The van der Waals surface area contributed by atoms with Gasteiger partial charge in [-0.2, -0.15) is 0 Å². The summed E-state index contributed by atoms with van der Waals surface area (Å²) in [6.45, 7) is 1.08. The van der Waals surface area contributed by atoms with Crippen molar-refractivity contribution in [1.29, 1.82) is 0 Å². The first kappa shape index (κ1) is 21.4. The highest BCUT2D eigenvalue weighted by Gasteiger charge is 2.32. The molecule has 0 radical (unpaired) electrons. The van der Waals surface area contributed by atoms with Gasteiger partial charge in [0.2, 0.25) is 17.7 Å². The van der Waals surface area contributed by atoms with Crippen LogP contribution in [0.2, 0.25) is 0 Å². The first-order valence-electron chi connectivity index (χ1n) is 10.3. The van der Waals surface area contributed by atoms with Crippen LogP contribution in [-0.2, 0) is 27.3 Å². The minimum Gasteiger partial charge on any atom is -0.350 e. The standard InChI is InChI=1S/C23H24FN3O3S/c24-18-5-2-1-4-16(18)12-20-23(30)26-19(14-31-20)22(29)25-13-15-7-9-17(10-8-15)27-11-3-6-21(27)28/h1-2,4-5,7-10,19-20H,3,6,11-14H2,(H,25,29)(H,26,30)/t19-,20+/m0/s1. The number of amides is 3. The molecule has 2 aromatic carbocycles. The third kappa shape index (κ3) is 5.07. The summed E-state index contributed by atoms with van der Waals surface area (Å²) >= 11 is 1.37. The van der Waals surface area contributed by atoms with Gasteiger partial charge in [-0.1, -0.05) is 30.3 Å². The van der Waals surface area contributed by atoms with E-state index >= 15 is 0 Å². The molecule has 2 saturated heterocycles. The van der Waals surface area contributed by atoms with Crippen LogP contribution in [-0.4, -0.2) is 41.3 Å². The molecule has 0 aromatic heterocycles. The molecule has 3 amide bonds. The van der Waals surface area contributed by atoms with Gasteiger partial charge in [-0.25, -0.2) is 4.39 Å². The minimum atomic E-state index is -0.615. The van der Waals surface area contributed by atoms with Crippen LogP contribution in [0.1, 0.15) is 24.0 Å². The van der Waals surface area contributed by atoms with Gasteiger partial charge in [0, 0.05) is 31.0 Å². The van der Waals surface area contributed by atoms with Crippen molar-refractivity contribution in [2.45, 2.75) is 37.1 Å². The third-order valence-electron chi connectivity index (χ3n) is 5.54. The Kier molecular flexibility index (Phi) is 6.56. The number of hydrogen-bond acceptors (Lipinski definition) is 4. The Morgan fingerprint density at radius 1 is 1.16 bits per heavy atom. The zero-order valence-electron chi connectivity index (χ0n) is 17.0. The average molecular weight is 442 g/mol. The van der Waals surface area contributed by atoms with Gasteiger partial charge in [0.15, 0.2) is 0 Å². The first-order valence-corrected chi connectivity index (χ1v) is 11.4. The van der Waals surface area contributed by atoms with E-state index in [0.29, 0.717) is 30.7 Å². The number of anilines is 1. The molecular weight excluding hydrogens is 417 g/mol. The molecule has 0 unspecified atom stereocenters. The van der Waals surface area contributed by atoms with Crippen LogP contribution in [0.5, 0.6) is 0 Å². The lowest BCUT2D eigenvalue weighted by atomic mass is 10.1. The van der Waals surface area contributed by atoms with E-state index in [4.69, 9.17) is 0 Å². The molecule has 2 atom stereocenters. The van der Waals surface area contributed by atoms with Gasteiger partial charge < -0.3 is 15.5 Å². The van der Waals surface area contributed by atoms with Crippen molar-refractivity contribution >= 4 is 35.2 Å². The number of thioether (sulfide) groups is 1. The van der Waals surface area contributed by atoms with Crippen molar-refractivity contribution in [2.24, 2.45) is 0 Å². The van der Waals surface area contributed by atoms with Crippen molar-refractivity contribution < 1.29 is 18.8 Å². The van der Waals surface area contributed by atoms with Gasteiger partial charge in [-0.15, -0.1) is 11.8 Å². The zero-order chi connectivity index (χ0) is 21.8. The summed E-state index contributed by atoms with van der Waals surface area (Å²) in [5.74, 6) is -0.244. The molecular formula is C23H24FN3O3S. The maximum atomic E-state index is 13.8. The molecule has 0 bridgehead atoms. The van der Waals surface area contributed by atoms with Crippen LogP contribution >= 0.6 is 11.8 Å². The van der Waals surface area contributed by atoms with E-state index in [-0.39, 0.29) is 23.5 Å². The summed E-state index contributed by atoms with van der Waals surface area (Å²) in [5.41, 5.74) is 2.28. The van der Waals surface area contributed by atoms with Crippen molar-refractivity contribution in [2.75, 3.05) is 17.2 Å². The fourth-order valence-electron chi connectivity index (χ4n) is 3.78. The maximum Gasteiger partial charge on any atom is 0.243 e. The highest BCUT2D eigenvalue weighted by atomic mass is 32.2. The Labute approximate surface area is 184 Å². The SMILES string of the molecule is O=C(NCc1ccc(N2CCCC2=O)cc1)[C@@H]1CS[C@H](Cc2ccccc2F)C(=O)N1. The van der Waals surface area contributed by atoms with Gasteiger partial charge in [-0.05, 0) is 42.2 Å². The van der Waals surface area contributed by atoms with Gasteiger partial charge in [0.1, 0.15) is 11.9 Å². The lowest BCUT2D eigenvalue weighted by molar-refractivity contribution is -0.128.